The molecule has 1 aliphatic rings. The summed E-state index contributed by atoms with van der Waals surface area (Å²) in [6.45, 7) is 1.92. The van der Waals surface area contributed by atoms with Crippen LogP contribution in [0.3, 0.4) is 0 Å². The second kappa shape index (κ2) is 8.69. The fourth-order valence-electron chi connectivity index (χ4n) is 3.50. The van der Waals surface area contributed by atoms with E-state index >= 15 is 0 Å². The summed E-state index contributed by atoms with van der Waals surface area (Å²) in [4.78, 5) is 14.2. The van der Waals surface area contributed by atoms with Crippen molar-refractivity contribution < 1.29 is 4.79 Å². The lowest BCUT2D eigenvalue weighted by Crippen LogP contribution is -2.23. The molecule has 0 saturated heterocycles. The normalized spacial score (nSPS) is 14.4. The third-order valence-electron chi connectivity index (χ3n) is 5.24. The Morgan fingerprint density at radius 3 is 2.58 bits per heavy atom. The van der Waals surface area contributed by atoms with Crippen molar-refractivity contribution in [1.82, 2.24) is 14.8 Å². The highest BCUT2D eigenvalue weighted by atomic mass is 32.2. The molecule has 0 spiro atoms. The average molecular weight is 447 g/mol. The maximum absolute atomic E-state index is 13.0. The van der Waals surface area contributed by atoms with E-state index in [1.807, 2.05) is 73.0 Å². The second-order valence-electron chi connectivity index (χ2n) is 7.55. The summed E-state index contributed by atoms with van der Waals surface area (Å²) in [6.07, 6.45) is 2.27. The molecule has 2 heterocycles. The van der Waals surface area contributed by atoms with Gasteiger partial charge in [0.25, 0.3) is 0 Å². The van der Waals surface area contributed by atoms with E-state index in [0.717, 1.165) is 45.5 Å². The van der Waals surface area contributed by atoms with Gasteiger partial charge in [0.15, 0.2) is 11.0 Å². The molecular weight excluding hydrogens is 424 g/mol. The highest BCUT2D eigenvalue weighted by molar-refractivity contribution is 8.00. The lowest BCUT2D eigenvalue weighted by molar-refractivity contribution is -0.115. The molecule has 31 heavy (non-hydrogen) atoms. The lowest BCUT2D eigenvalue weighted by atomic mass is 10.0. The number of hydrogen-bond acceptors (Lipinski definition) is 5. The predicted molar refractivity (Wildman–Crippen MR) is 127 cm³/mol. The highest BCUT2D eigenvalue weighted by Gasteiger charge is 2.31. The van der Waals surface area contributed by atoms with Crippen molar-refractivity contribution in [2.24, 2.45) is 0 Å². The second-order valence-corrected chi connectivity index (χ2v) is 9.80. The van der Waals surface area contributed by atoms with Gasteiger partial charge in [-0.15, -0.1) is 21.5 Å². The molecule has 5 rings (SSSR count). The fraction of sp³-hybridized carbons (Fsp3) is 0.208. The van der Waals surface area contributed by atoms with Crippen molar-refractivity contribution in [2.75, 3.05) is 5.32 Å². The van der Waals surface area contributed by atoms with Crippen LogP contribution in [0.5, 0.6) is 0 Å². The minimum atomic E-state index is -0.304. The Kier molecular flexibility index (Phi) is 5.61. The monoisotopic (exact) mass is 446 g/mol. The van der Waals surface area contributed by atoms with Gasteiger partial charge >= 0.3 is 0 Å². The van der Waals surface area contributed by atoms with Crippen LogP contribution < -0.4 is 5.32 Å². The molecule has 2 aromatic carbocycles. The van der Waals surface area contributed by atoms with Crippen molar-refractivity contribution in [3.05, 3.63) is 72.1 Å². The number of amides is 1. The Morgan fingerprint density at radius 1 is 1.06 bits per heavy atom. The van der Waals surface area contributed by atoms with Gasteiger partial charge in [0.1, 0.15) is 0 Å². The number of nitrogens with one attached hydrogen (secondary N) is 1. The van der Waals surface area contributed by atoms with E-state index < -0.39 is 0 Å². The number of benzene rings is 2. The minimum absolute atomic E-state index is 0.0450. The molecule has 0 aliphatic heterocycles. The van der Waals surface area contributed by atoms with Gasteiger partial charge in [0.05, 0.1) is 10.1 Å². The minimum Gasteiger partial charge on any atom is -0.325 e. The Morgan fingerprint density at radius 2 is 1.84 bits per heavy atom. The van der Waals surface area contributed by atoms with Gasteiger partial charge in [-0.1, -0.05) is 66.4 Å². The number of anilines is 1. The topological polar surface area (TPSA) is 59.8 Å². The molecule has 1 saturated carbocycles. The van der Waals surface area contributed by atoms with E-state index in [-0.39, 0.29) is 11.2 Å². The SMILES string of the molecule is C[C@@H](Sc1nnc(-c2cccs2)n1C1CC1)C(=O)Nc1ccccc1-c1ccccc1. The zero-order chi connectivity index (χ0) is 21.2. The van der Waals surface area contributed by atoms with Gasteiger partial charge in [-0.3, -0.25) is 9.36 Å². The van der Waals surface area contributed by atoms with Crippen molar-refractivity contribution in [2.45, 2.75) is 36.2 Å². The average Bonchev–Trinajstić information content (AvgIpc) is 3.31. The van der Waals surface area contributed by atoms with Crippen LogP contribution in [0.4, 0.5) is 5.69 Å². The molecule has 1 atom stereocenters. The van der Waals surface area contributed by atoms with Gasteiger partial charge in [0, 0.05) is 17.3 Å². The van der Waals surface area contributed by atoms with Crippen LogP contribution in [0.1, 0.15) is 25.8 Å². The summed E-state index contributed by atoms with van der Waals surface area (Å²) >= 11 is 3.13. The smallest absolute Gasteiger partial charge is 0.237 e. The number of nitrogens with zero attached hydrogens (tertiary/aromatic N) is 3. The Labute approximate surface area is 189 Å². The van der Waals surface area contributed by atoms with Crippen LogP contribution in [0.25, 0.3) is 21.8 Å². The Balaban J connectivity index is 1.35. The molecule has 2 aromatic heterocycles. The molecule has 156 valence electrons. The Bertz CT molecular complexity index is 1180. The summed E-state index contributed by atoms with van der Waals surface area (Å²) in [5.41, 5.74) is 2.90. The number of thioether (sulfide) groups is 1. The number of hydrogen-bond donors (Lipinski definition) is 1. The summed E-state index contributed by atoms with van der Waals surface area (Å²) in [7, 11) is 0. The number of carbonyl (C=O) groups is 1. The zero-order valence-corrected chi connectivity index (χ0v) is 18.7. The number of aromatic nitrogens is 3. The molecule has 5 nitrogen and oxygen atoms in total. The third-order valence-corrected chi connectivity index (χ3v) is 7.16. The largest absolute Gasteiger partial charge is 0.325 e. The third kappa shape index (κ3) is 4.29. The van der Waals surface area contributed by atoms with Crippen LogP contribution in [0.2, 0.25) is 0 Å². The van der Waals surface area contributed by atoms with E-state index in [1.165, 1.54) is 11.8 Å². The molecule has 7 heteroatoms. The van der Waals surface area contributed by atoms with Crippen LogP contribution >= 0.6 is 23.1 Å². The van der Waals surface area contributed by atoms with Gasteiger partial charge < -0.3 is 5.32 Å². The van der Waals surface area contributed by atoms with Crippen molar-refractivity contribution in [3.8, 4) is 21.8 Å². The van der Waals surface area contributed by atoms with Crippen molar-refractivity contribution in [1.29, 1.82) is 0 Å². The van der Waals surface area contributed by atoms with Gasteiger partial charge in [-0.25, -0.2) is 0 Å². The molecule has 0 radical (unpaired) electrons. The fourth-order valence-corrected chi connectivity index (χ4v) is 5.13. The maximum atomic E-state index is 13.0. The summed E-state index contributed by atoms with van der Waals surface area (Å²) in [6, 6.07) is 22.5. The first-order valence-corrected chi connectivity index (χ1v) is 12.1. The molecule has 1 aliphatic carbocycles. The molecule has 1 amide bonds. The standard InChI is InChI=1S/C24H22N4OS2/c1-16(23(29)25-20-11-6-5-10-19(20)17-8-3-2-4-9-17)31-24-27-26-22(21-12-7-15-30-21)28(24)18-13-14-18/h2-12,15-16,18H,13-14H2,1H3,(H,25,29)/t16-/m1/s1. The molecule has 1 N–H and O–H groups in total. The Hall–Kier alpha value is -2.90. The molecule has 0 bridgehead atoms. The van der Waals surface area contributed by atoms with Crippen LogP contribution in [0, 0.1) is 0 Å². The number of thiophene rings is 1. The zero-order valence-electron chi connectivity index (χ0n) is 17.1. The van der Waals surface area contributed by atoms with Gasteiger partial charge in [0.2, 0.25) is 5.91 Å². The van der Waals surface area contributed by atoms with Crippen LogP contribution in [-0.4, -0.2) is 25.9 Å². The van der Waals surface area contributed by atoms with E-state index in [4.69, 9.17) is 0 Å². The van der Waals surface area contributed by atoms with E-state index in [9.17, 15) is 4.79 Å². The first-order chi connectivity index (χ1) is 15.2. The quantitative estimate of drug-likeness (QED) is 0.347. The van der Waals surface area contributed by atoms with Crippen LogP contribution in [0.15, 0.2) is 77.3 Å². The molecule has 1 fully saturated rings. The summed E-state index contributed by atoms with van der Waals surface area (Å²) in [5, 5.41) is 14.5. The number of para-hydroxylation sites is 1. The van der Waals surface area contributed by atoms with Crippen molar-refractivity contribution in [3.63, 3.8) is 0 Å². The molecule has 0 unspecified atom stereocenters. The molecular formula is C24H22N4OS2. The van der Waals surface area contributed by atoms with E-state index in [0.29, 0.717) is 6.04 Å². The summed E-state index contributed by atoms with van der Waals surface area (Å²) < 4.78 is 2.21. The van der Waals surface area contributed by atoms with Gasteiger partial charge in [-0.2, -0.15) is 0 Å². The van der Waals surface area contributed by atoms with Crippen molar-refractivity contribution >= 4 is 34.7 Å². The number of carbonyl (C=O) groups excluding carboxylic acids is 1. The predicted octanol–water partition coefficient (Wildman–Crippen LogP) is 6.13. The first kappa shape index (κ1) is 20.0. The number of rotatable bonds is 7. The van der Waals surface area contributed by atoms with E-state index in [2.05, 4.69) is 26.1 Å². The highest BCUT2D eigenvalue weighted by Crippen LogP contribution is 2.42. The first-order valence-electron chi connectivity index (χ1n) is 10.3. The maximum Gasteiger partial charge on any atom is 0.237 e. The molecule has 4 aromatic rings. The lowest BCUT2D eigenvalue weighted by Gasteiger charge is -2.15. The van der Waals surface area contributed by atoms with E-state index in [1.54, 1.807) is 11.3 Å². The van der Waals surface area contributed by atoms with Gasteiger partial charge in [-0.05, 0) is 42.8 Å². The van der Waals surface area contributed by atoms with Crippen LogP contribution in [-0.2, 0) is 4.79 Å². The summed E-state index contributed by atoms with van der Waals surface area (Å²) in [5.74, 6) is 0.860.